The normalized spacial score (nSPS) is 18.4. The molecule has 13 nitrogen and oxygen atoms in total. The number of aliphatic hydroxyl groups excluding tert-OH is 1. The number of aliphatic hydroxyl groups is 1. The van der Waals surface area contributed by atoms with E-state index in [9.17, 15) is 33.7 Å². The Morgan fingerprint density at radius 1 is 0.742 bits per heavy atom. The standard InChI is InChI=1S/C48H74NO12P/c1-3-5-7-8-9-10-11-12-13-14-15-16-17-18-19-20-21-22-28-32-47(53)61-42(38-59-62(56,57)60-39-44(49)48(54)55)37-58-46(52)31-27-24-23-26-29-40-33-36-45(51)43(40)35-34-41(50)30-25-6-4-2/h9-10,12-13,15-16,18-19,21-23,26,33-36,40-44,50H,3-8,11,14,17,20,24-25,27-32,37-39,49H2,1-2H3,(H,54,55)(H,56,57)/b10-9-,13-12-,16-15-,19-18-,22-21-,26-23-,35-34+/t40-,41-,42+,43+,44-/m0/s1. The van der Waals surface area contributed by atoms with Gasteiger partial charge in [0.05, 0.1) is 19.3 Å². The summed E-state index contributed by atoms with van der Waals surface area (Å²) in [6, 6.07) is -1.57. The van der Waals surface area contributed by atoms with Crippen LogP contribution in [0, 0.1) is 11.8 Å². The number of carboxylic acids is 1. The van der Waals surface area contributed by atoms with Gasteiger partial charge in [0, 0.05) is 18.8 Å². The lowest BCUT2D eigenvalue weighted by Crippen LogP contribution is -2.34. The summed E-state index contributed by atoms with van der Waals surface area (Å²) in [5.74, 6) is -2.98. The molecule has 1 aliphatic rings. The van der Waals surface area contributed by atoms with Crippen molar-refractivity contribution in [2.24, 2.45) is 17.6 Å². The summed E-state index contributed by atoms with van der Waals surface area (Å²) >= 11 is 0. The molecule has 0 heterocycles. The first-order chi connectivity index (χ1) is 29.9. The molecule has 0 aromatic carbocycles. The molecular weight excluding hydrogens is 813 g/mol. The summed E-state index contributed by atoms with van der Waals surface area (Å²) in [4.78, 5) is 58.5. The highest BCUT2D eigenvalue weighted by Crippen LogP contribution is 2.43. The topological polar surface area (TPSA) is 209 Å². The van der Waals surface area contributed by atoms with Gasteiger partial charge in [-0.15, -0.1) is 0 Å². The van der Waals surface area contributed by atoms with E-state index in [1.54, 1.807) is 18.2 Å². The number of phosphoric ester groups is 1. The van der Waals surface area contributed by atoms with Gasteiger partial charge in [0.2, 0.25) is 0 Å². The molecule has 0 radical (unpaired) electrons. The van der Waals surface area contributed by atoms with E-state index in [4.69, 9.17) is 24.8 Å². The van der Waals surface area contributed by atoms with Crippen LogP contribution in [0.15, 0.2) is 97.2 Å². The fourth-order valence-corrected chi connectivity index (χ4v) is 6.70. The number of rotatable bonds is 37. The van der Waals surface area contributed by atoms with Gasteiger partial charge >= 0.3 is 25.7 Å². The van der Waals surface area contributed by atoms with Crippen LogP contribution < -0.4 is 5.73 Å². The Morgan fingerprint density at radius 3 is 1.94 bits per heavy atom. The van der Waals surface area contributed by atoms with Crippen LogP contribution in [0.3, 0.4) is 0 Å². The first-order valence-electron chi connectivity index (χ1n) is 22.3. The molecule has 1 rings (SSSR count). The van der Waals surface area contributed by atoms with E-state index in [1.165, 1.54) is 19.3 Å². The highest BCUT2D eigenvalue weighted by molar-refractivity contribution is 7.47. The first kappa shape index (κ1) is 56.0. The predicted molar refractivity (Wildman–Crippen MR) is 244 cm³/mol. The van der Waals surface area contributed by atoms with Gasteiger partial charge in [-0.05, 0) is 82.6 Å². The van der Waals surface area contributed by atoms with Crippen LogP contribution in [0.1, 0.15) is 129 Å². The molecule has 1 aliphatic carbocycles. The number of carbonyl (C=O) groups is 4. The van der Waals surface area contributed by atoms with Crippen LogP contribution in [0.25, 0.3) is 0 Å². The van der Waals surface area contributed by atoms with Crippen molar-refractivity contribution in [1.82, 2.24) is 0 Å². The first-order valence-corrected chi connectivity index (χ1v) is 23.8. The van der Waals surface area contributed by atoms with Crippen LogP contribution in [-0.4, -0.2) is 76.9 Å². The largest absolute Gasteiger partial charge is 0.480 e. The molecule has 0 aromatic rings. The Hall–Kier alpha value is -3.97. The lowest BCUT2D eigenvalue weighted by Gasteiger charge is -2.20. The molecule has 0 saturated carbocycles. The Morgan fingerprint density at radius 2 is 1.31 bits per heavy atom. The van der Waals surface area contributed by atoms with Gasteiger partial charge in [-0.25, -0.2) is 4.57 Å². The fraction of sp³-hybridized carbons (Fsp3) is 0.583. The van der Waals surface area contributed by atoms with Gasteiger partial charge in [0.25, 0.3) is 0 Å². The number of ketones is 1. The minimum absolute atomic E-state index is 0.00844. The van der Waals surface area contributed by atoms with Crippen molar-refractivity contribution in [1.29, 1.82) is 0 Å². The summed E-state index contributed by atoms with van der Waals surface area (Å²) in [6.07, 6.45) is 44.1. The molecule has 0 fully saturated rings. The molecule has 0 bridgehead atoms. The molecule has 14 heteroatoms. The van der Waals surface area contributed by atoms with Crippen molar-refractivity contribution in [2.45, 2.75) is 148 Å². The van der Waals surface area contributed by atoms with Crippen molar-refractivity contribution in [2.75, 3.05) is 19.8 Å². The maximum absolute atomic E-state index is 12.6. The van der Waals surface area contributed by atoms with E-state index >= 15 is 0 Å². The van der Waals surface area contributed by atoms with Gasteiger partial charge in [-0.2, -0.15) is 0 Å². The van der Waals surface area contributed by atoms with Crippen molar-refractivity contribution in [3.8, 4) is 0 Å². The number of aliphatic carboxylic acids is 1. The van der Waals surface area contributed by atoms with Gasteiger partial charge in [0.15, 0.2) is 11.9 Å². The maximum atomic E-state index is 12.6. The monoisotopic (exact) mass is 887 g/mol. The Kier molecular flexibility index (Phi) is 33.0. The molecular formula is C48H74NO12P. The molecule has 348 valence electrons. The SMILES string of the molecule is CCCCC/C=C\C/C=C\C/C=C\C/C=C\C/C=C\CCC(=O)O[C@H](COC(=O)CCC/C=C\C[C@H]1C=CC(=O)[C@@H]1/C=C/[C@@H](O)CCCCC)COP(=O)(O)OC[C@H](N)C(=O)O. The molecule has 0 spiro atoms. The van der Waals surface area contributed by atoms with Gasteiger partial charge in [-0.1, -0.05) is 137 Å². The molecule has 5 N–H and O–H groups in total. The third kappa shape index (κ3) is 31.0. The molecule has 0 saturated heterocycles. The average Bonchev–Trinajstić information content (AvgIpc) is 3.60. The van der Waals surface area contributed by atoms with Crippen LogP contribution in [0.4, 0.5) is 0 Å². The van der Waals surface area contributed by atoms with E-state index in [2.05, 4.69) is 60.9 Å². The van der Waals surface area contributed by atoms with E-state index in [-0.39, 0.29) is 30.5 Å². The lowest BCUT2D eigenvalue weighted by atomic mass is 9.90. The zero-order valence-electron chi connectivity index (χ0n) is 37.0. The predicted octanol–water partition coefficient (Wildman–Crippen LogP) is 9.67. The van der Waals surface area contributed by atoms with Crippen molar-refractivity contribution >= 4 is 31.5 Å². The highest BCUT2D eigenvalue weighted by atomic mass is 31.2. The fourth-order valence-electron chi connectivity index (χ4n) is 5.92. The van der Waals surface area contributed by atoms with E-state index < -0.39 is 63.8 Å². The lowest BCUT2D eigenvalue weighted by molar-refractivity contribution is -0.161. The van der Waals surface area contributed by atoms with Crippen molar-refractivity contribution in [3.05, 3.63) is 97.2 Å². The molecule has 0 amide bonds. The van der Waals surface area contributed by atoms with Crippen LogP contribution in [-0.2, 0) is 42.3 Å². The van der Waals surface area contributed by atoms with E-state index in [0.29, 0.717) is 38.5 Å². The number of hydrogen-bond acceptors (Lipinski definition) is 11. The number of phosphoric acid groups is 1. The van der Waals surface area contributed by atoms with E-state index in [1.807, 2.05) is 36.5 Å². The number of allylic oxidation sites excluding steroid dienone is 15. The second kappa shape index (κ2) is 36.5. The summed E-state index contributed by atoms with van der Waals surface area (Å²) < 4.78 is 32.6. The Labute approximate surface area is 370 Å². The quantitative estimate of drug-likeness (QED) is 0.0198. The van der Waals surface area contributed by atoms with Crippen LogP contribution in [0.2, 0.25) is 0 Å². The Bertz CT molecular complexity index is 1560. The maximum Gasteiger partial charge on any atom is 0.472 e. The minimum atomic E-state index is -4.79. The zero-order chi connectivity index (χ0) is 45.7. The molecule has 1 unspecified atom stereocenters. The summed E-state index contributed by atoms with van der Waals surface area (Å²) in [5.41, 5.74) is 5.33. The van der Waals surface area contributed by atoms with Crippen LogP contribution in [0.5, 0.6) is 0 Å². The number of ether oxygens (including phenoxy) is 2. The molecule has 0 aromatic heterocycles. The summed E-state index contributed by atoms with van der Waals surface area (Å²) in [6.45, 7) is 2.38. The smallest absolute Gasteiger partial charge is 0.472 e. The number of hydrogen-bond donors (Lipinski definition) is 4. The summed E-state index contributed by atoms with van der Waals surface area (Å²) in [5, 5.41) is 19.1. The van der Waals surface area contributed by atoms with Crippen molar-refractivity contribution < 1.29 is 57.4 Å². The number of carboxylic acid groups (broad SMARTS) is 1. The van der Waals surface area contributed by atoms with Gasteiger partial charge in [-0.3, -0.25) is 28.2 Å². The third-order valence-electron chi connectivity index (χ3n) is 9.57. The van der Waals surface area contributed by atoms with Gasteiger partial charge < -0.3 is 30.3 Å². The zero-order valence-corrected chi connectivity index (χ0v) is 37.9. The second-order valence-electron chi connectivity index (χ2n) is 15.1. The summed E-state index contributed by atoms with van der Waals surface area (Å²) in [7, 11) is -4.79. The Balaban J connectivity index is 2.51. The average molecular weight is 888 g/mol. The minimum Gasteiger partial charge on any atom is -0.480 e. The number of unbranched alkanes of at least 4 members (excludes halogenated alkanes) is 6. The van der Waals surface area contributed by atoms with Crippen molar-refractivity contribution in [3.63, 3.8) is 0 Å². The van der Waals surface area contributed by atoms with Gasteiger partial charge in [0.1, 0.15) is 12.6 Å². The number of nitrogens with two attached hydrogens (primary N) is 1. The number of carbonyl (C=O) groups excluding carboxylic acids is 3. The van der Waals surface area contributed by atoms with Crippen LogP contribution >= 0.6 is 7.82 Å². The third-order valence-corrected chi connectivity index (χ3v) is 10.5. The number of esters is 2. The van der Waals surface area contributed by atoms with E-state index in [0.717, 1.165) is 44.9 Å². The highest BCUT2D eigenvalue weighted by Gasteiger charge is 2.29. The second-order valence-corrected chi connectivity index (χ2v) is 16.6. The molecule has 0 aliphatic heterocycles. The molecule has 62 heavy (non-hydrogen) atoms. The molecule has 6 atom stereocenters.